The van der Waals surface area contributed by atoms with Gasteiger partial charge in [-0.1, -0.05) is 25.5 Å². The quantitative estimate of drug-likeness (QED) is 0.691. The van der Waals surface area contributed by atoms with Crippen molar-refractivity contribution in [1.29, 1.82) is 0 Å². The van der Waals surface area contributed by atoms with Gasteiger partial charge < -0.3 is 24.6 Å². The molecule has 3 atom stereocenters. The molecule has 1 aromatic carbocycles. The number of aliphatic hydroxyl groups is 2. The Bertz CT molecular complexity index is 614. The zero-order valence-corrected chi connectivity index (χ0v) is 17.1. The lowest BCUT2D eigenvalue weighted by atomic mass is 9.96. The van der Waals surface area contributed by atoms with Crippen LogP contribution < -0.4 is 4.74 Å². The molecule has 1 saturated heterocycles. The van der Waals surface area contributed by atoms with E-state index >= 15 is 0 Å². The van der Waals surface area contributed by atoms with E-state index in [9.17, 15) is 10.2 Å². The fourth-order valence-electron chi connectivity index (χ4n) is 3.32. The zero-order chi connectivity index (χ0) is 19.8. The average molecular weight is 378 g/mol. The summed E-state index contributed by atoms with van der Waals surface area (Å²) in [6, 6.07) is 6.09. The topological polar surface area (TPSA) is 62.2 Å². The van der Waals surface area contributed by atoms with Gasteiger partial charge in [0.05, 0.1) is 18.8 Å². The average Bonchev–Trinajstić information content (AvgIpc) is 2.63. The van der Waals surface area contributed by atoms with Crippen LogP contribution >= 0.6 is 0 Å². The summed E-state index contributed by atoms with van der Waals surface area (Å²) in [5.41, 5.74) is 3.77. The molecule has 1 aromatic rings. The van der Waals surface area contributed by atoms with Gasteiger partial charge in [0.15, 0.2) is 0 Å². The van der Waals surface area contributed by atoms with Crippen molar-refractivity contribution >= 4 is 5.57 Å². The van der Waals surface area contributed by atoms with E-state index in [1.54, 1.807) is 0 Å². The number of aryl methyl sites for hydroxylation is 1. The van der Waals surface area contributed by atoms with Crippen LogP contribution in [0.1, 0.15) is 50.2 Å². The summed E-state index contributed by atoms with van der Waals surface area (Å²) in [6.45, 7) is 5.20. The molecule has 0 spiro atoms. The number of aliphatic hydroxyl groups excluding tert-OH is 2. The van der Waals surface area contributed by atoms with Crippen molar-refractivity contribution in [3.05, 3.63) is 35.4 Å². The Kier molecular flexibility index (Phi) is 8.77. The second-order valence-electron chi connectivity index (χ2n) is 7.66. The van der Waals surface area contributed by atoms with E-state index in [-0.39, 0.29) is 12.7 Å². The van der Waals surface area contributed by atoms with E-state index in [4.69, 9.17) is 9.47 Å². The Morgan fingerprint density at radius 2 is 2.11 bits per heavy atom. The molecule has 27 heavy (non-hydrogen) atoms. The summed E-state index contributed by atoms with van der Waals surface area (Å²) in [4.78, 5) is 2.20. The van der Waals surface area contributed by atoms with Gasteiger partial charge in [0.25, 0.3) is 0 Å². The maximum absolute atomic E-state index is 9.98. The van der Waals surface area contributed by atoms with E-state index in [0.717, 1.165) is 31.6 Å². The van der Waals surface area contributed by atoms with Crippen molar-refractivity contribution < 1.29 is 19.7 Å². The molecule has 3 unspecified atom stereocenters. The molecule has 1 aliphatic heterocycles. The predicted octanol–water partition coefficient (Wildman–Crippen LogP) is 3.37. The van der Waals surface area contributed by atoms with Crippen molar-refractivity contribution in [2.24, 2.45) is 0 Å². The minimum atomic E-state index is -0.536. The summed E-state index contributed by atoms with van der Waals surface area (Å²) < 4.78 is 11.7. The maximum atomic E-state index is 9.98. The van der Waals surface area contributed by atoms with Crippen LogP contribution in [0, 0.1) is 6.92 Å². The van der Waals surface area contributed by atoms with Crippen LogP contribution in [0.25, 0.3) is 5.57 Å². The Morgan fingerprint density at radius 1 is 1.33 bits per heavy atom. The first-order valence-corrected chi connectivity index (χ1v) is 9.98. The molecule has 2 N–H and O–H groups in total. The molecular formula is C22H35NO4. The van der Waals surface area contributed by atoms with Gasteiger partial charge in [0, 0.05) is 19.4 Å². The third-order valence-corrected chi connectivity index (χ3v) is 4.88. The standard InChI is InChI=1S/C22H35NO4/c1-5-6-7-17(10-11-23(3)4)21-14-19(9-8-16(21)2)26-22-13-18(25)12-20(15-24)27-22/h7-9,14,18,20,22,24-25H,5-6,10-13,15H2,1-4H3/b17-7-. The maximum Gasteiger partial charge on any atom is 0.202 e. The SMILES string of the molecule is CCC/C=C(/CCN(C)C)c1cc(OC2CC(O)CC(CO)O2)ccc1C. The lowest BCUT2D eigenvalue weighted by Gasteiger charge is -2.32. The number of unbranched alkanes of at least 4 members (excludes halogenated alkanes) is 1. The first kappa shape index (κ1) is 21.9. The molecule has 0 aromatic heterocycles. The van der Waals surface area contributed by atoms with Crippen molar-refractivity contribution in [2.45, 2.75) is 64.4 Å². The highest BCUT2D eigenvalue weighted by Gasteiger charge is 2.29. The fourth-order valence-corrected chi connectivity index (χ4v) is 3.32. The van der Waals surface area contributed by atoms with Crippen LogP contribution in [-0.4, -0.2) is 60.9 Å². The van der Waals surface area contributed by atoms with Crippen LogP contribution in [0.15, 0.2) is 24.3 Å². The lowest BCUT2D eigenvalue weighted by molar-refractivity contribution is -0.184. The van der Waals surface area contributed by atoms with E-state index in [1.807, 2.05) is 6.07 Å². The van der Waals surface area contributed by atoms with E-state index in [0.29, 0.717) is 12.8 Å². The van der Waals surface area contributed by atoms with Crippen LogP contribution in [0.4, 0.5) is 0 Å². The molecule has 5 nitrogen and oxygen atoms in total. The molecular weight excluding hydrogens is 342 g/mol. The number of hydrogen-bond donors (Lipinski definition) is 2. The molecule has 0 aliphatic carbocycles. The molecule has 0 radical (unpaired) electrons. The Morgan fingerprint density at radius 3 is 2.78 bits per heavy atom. The lowest BCUT2D eigenvalue weighted by Crippen LogP contribution is -2.40. The first-order valence-electron chi connectivity index (χ1n) is 9.98. The minimum absolute atomic E-state index is 0.107. The van der Waals surface area contributed by atoms with Crippen molar-refractivity contribution in [1.82, 2.24) is 4.90 Å². The predicted molar refractivity (Wildman–Crippen MR) is 109 cm³/mol. The molecule has 1 fully saturated rings. The Hall–Kier alpha value is -1.40. The van der Waals surface area contributed by atoms with Crippen LogP contribution in [0.5, 0.6) is 5.75 Å². The van der Waals surface area contributed by atoms with Gasteiger partial charge in [-0.05, 0) is 62.7 Å². The second kappa shape index (κ2) is 10.8. The van der Waals surface area contributed by atoms with Crippen LogP contribution in [0.2, 0.25) is 0 Å². The molecule has 1 heterocycles. The molecule has 5 heteroatoms. The Balaban J connectivity index is 2.17. The zero-order valence-electron chi connectivity index (χ0n) is 17.1. The van der Waals surface area contributed by atoms with E-state index < -0.39 is 12.4 Å². The fraction of sp³-hybridized carbons (Fsp3) is 0.636. The summed E-state index contributed by atoms with van der Waals surface area (Å²) in [5, 5.41) is 19.3. The molecule has 0 amide bonds. The number of allylic oxidation sites excluding steroid dienone is 1. The number of benzene rings is 1. The van der Waals surface area contributed by atoms with Crippen LogP contribution in [-0.2, 0) is 4.74 Å². The molecule has 2 rings (SSSR count). The number of ether oxygens (including phenoxy) is 2. The smallest absolute Gasteiger partial charge is 0.202 e. The minimum Gasteiger partial charge on any atom is -0.465 e. The van der Waals surface area contributed by atoms with Crippen molar-refractivity contribution in [2.75, 3.05) is 27.2 Å². The van der Waals surface area contributed by atoms with E-state index in [1.165, 1.54) is 16.7 Å². The normalized spacial score (nSPS) is 23.7. The summed E-state index contributed by atoms with van der Waals surface area (Å²) in [7, 11) is 4.18. The number of rotatable bonds is 9. The second-order valence-corrected chi connectivity index (χ2v) is 7.66. The number of hydrogen-bond acceptors (Lipinski definition) is 5. The van der Waals surface area contributed by atoms with Gasteiger partial charge in [-0.3, -0.25) is 0 Å². The van der Waals surface area contributed by atoms with Gasteiger partial charge in [0.1, 0.15) is 5.75 Å². The highest BCUT2D eigenvalue weighted by Crippen LogP contribution is 2.29. The van der Waals surface area contributed by atoms with Gasteiger partial charge in [-0.25, -0.2) is 0 Å². The van der Waals surface area contributed by atoms with Gasteiger partial charge in [-0.2, -0.15) is 0 Å². The summed E-state index contributed by atoms with van der Waals surface area (Å²) in [6.07, 6.45) is 4.95. The van der Waals surface area contributed by atoms with E-state index in [2.05, 4.69) is 51.1 Å². The summed E-state index contributed by atoms with van der Waals surface area (Å²) >= 11 is 0. The highest BCUT2D eigenvalue weighted by atomic mass is 16.7. The largest absolute Gasteiger partial charge is 0.465 e. The molecule has 1 aliphatic rings. The first-order chi connectivity index (χ1) is 12.9. The summed E-state index contributed by atoms with van der Waals surface area (Å²) in [5.74, 6) is 0.735. The monoisotopic (exact) mass is 377 g/mol. The molecule has 152 valence electrons. The van der Waals surface area contributed by atoms with Gasteiger partial charge >= 0.3 is 0 Å². The molecule has 0 saturated carbocycles. The molecule has 0 bridgehead atoms. The third-order valence-electron chi connectivity index (χ3n) is 4.88. The van der Waals surface area contributed by atoms with Crippen molar-refractivity contribution in [3.8, 4) is 5.75 Å². The number of nitrogens with zero attached hydrogens (tertiary/aromatic N) is 1. The van der Waals surface area contributed by atoms with Gasteiger partial charge in [0.2, 0.25) is 6.29 Å². The van der Waals surface area contributed by atoms with Crippen molar-refractivity contribution in [3.63, 3.8) is 0 Å². The van der Waals surface area contributed by atoms with Gasteiger partial charge in [-0.15, -0.1) is 0 Å². The highest BCUT2D eigenvalue weighted by molar-refractivity contribution is 5.69. The third kappa shape index (κ3) is 6.92. The Labute approximate surface area is 163 Å². The van der Waals surface area contributed by atoms with Crippen LogP contribution in [0.3, 0.4) is 0 Å².